The fourth-order valence-corrected chi connectivity index (χ4v) is 3.11. The molecule has 0 unspecified atom stereocenters. The average Bonchev–Trinajstić information content (AvgIpc) is 2.62. The number of carbonyl (C=O) groups is 1. The van der Waals surface area contributed by atoms with Gasteiger partial charge in [0.2, 0.25) is 10.0 Å². The van der Waals surface area contributed by atoms with Crippen LogP contribution in [0, 0.1) is 0 Å². The van der Waals surface area contributed by atoms with Crippen molar-refractivity contribution in [3.63, 3.8) is 0 Å². The lowest BCUT2D eigenvalue weighted by atomic mass is 10.0. The van der Waals surface area contributed by atoms with Crippen molar-refractivity contribution in [1.82, 2.24) is 0 Å². The fourth-order valence-electron chi connectivity index (χ4n) is 2.59. The van der Waals surface area contributed by atoms with Gasteiger partial charge in [0, 0.05) is 17.1 Å². The molecule has 3 aromatic carbocycles. The van der Waals surface area contributed by atoms with E-state index in [4.69, 9.17) is 16.6 Å². The monoisotopic (exact) mass is 382 g/mol. The molecule has 0 atom stereocenters. The number of hydrogen-bond acceptors (Lipinski definition) is 5. The van der Waals surface area contributed by atoms with Crippen molar-refractivity contribution in [1.29, 1.82) is 0 Å². The number of benzene rings is 3. The number of anilines is 3. The van der Waals surface area contributed by atoms with Gasteiger partial charge in [0.15, 0.2) is 0 Å². The summed E-state index contributed by atoms with van der Waals surface area (Å²) in [6.45, 7) is 0. The number of primary amides is 1. The lowest BCUT2D eigenvalue weighted by Crippen LogP contribution is -2.13. The number of nitrogen functional groups attached to an aromatic ring is 1. The van der Waals surface area contributed by atoms with Crippen molar-refractivity contribution < 1.29 is 13.2 Å². The summed E-state index contributed by atoms with van der Waals surface area (Å²) in [5.41, 5.74) is 15.0. The van der Waals surface area contributed by atoms with Crippen LogP contribution in [0.4, 0.5) is 17.1 Å². The van der Waals surface area contributed by atoms with Crippen LogP contribution in [0.2, 0.25) is 0 Å². The number of carbonyl (C=O) groups excluding carboxylic acids is 1. The second-order valence-corrected chi connectivity index (χ2v) is 7.50. The van der Waals surface area contributed by atoms with Crippen LogP contribution in [0.1, 0.15) is 10.4 Å². The summed E-state index contributed by atoms with van der Waals surface area (Å²) in [7, 11) is -3.71. The Labute approximate surface area is 156 Å². The van der Waals surface area contributed by atoms with Gasteiger partial charge in [0.05, 0.1) is 10.5 Å². The van der Waals surface area contributed by atoms with Gasteiger partial charge in [-0.05, 0) is 59.7 Å². The fraction of sp³-hybridized carbons (Fsp3) is 0. The average molecular weight is 382 g/mol. The molecule has 1 amide bonds. The molecule has 0 aliphatic heterocycles. The summed E-state index contributed by atoms with van der Waals surface area (Å²) in [6.07, 6.45) is 0. The molecule has 0 aliphatic rings. The molecule has 0 heterocycles. The Balaban J connectivity index is 1.80. The number of hydrogen-bond donors (Lipinski definition) is 4. The highest BCUT2D eigenvalue weighted by molar-refractivity contribution is 7.89. The Morgan fingerprint density at radius 3 is 1.85 bits per heavy atom. The van der Waals surface area contributed by atoms with Crippen LogP contribution in [0.25, 0.3) is 11.1 Å². The zero-order valence-electron chi connectivity index (χ0n) is 14.2. The molecular formula is C19H18N4O3S. The van der Waals surface area contributed by atoms with E-state index in [1.165, 1.54) is 12.1 Å². The van der Waals surface area contributed by atoms with Gasteiger partial charge >= 0.3 is 0 Å². The summed E-state index contributed by atoms with van der Waals surface area (Å²) >= 11 is 0. The molecule has 7 N–H and O–H groups in total. The Bertz CT molecular complexity index is 1090. The second kappa shape index (κ2) is 7.10. The van der Waals surface area contributed by atoms with Crippen molar-refractivity contribution in [3.05, 3.63) is 72.3 Å². The third kappa shape index (κ3) is 4.25. The Morgan fingerprint density at radius 1 is 0.815 bits per heavy atom. The minimum absolute atomic E-state index is 0.0528. The number of amides is 1. The topological polar surface area (TPSA) is 141 Å². The summed E-state index contributed by atoms with van der Waals surface area (Å²) in [4.78, 5) is 11.5. The minimum Gasteiger partial charge on any atom is -0.398 e. The van der Waals surface area contributed by atoms with E-state index in [0.717, 1.165) is 22.5 Å². The van der Waals surface area contributed by atoms with E-state index < -0.39 is 15.9 Å². The van der Waals surface area contributed by atoms with E-state index in [1.54, 1.807) is 24.3 Å². The lowest BCUT2D eigenvalue weighted by Gasteiger charge is -2.10. The van der Waals surface area contributed by atoms with Crippen LogP contribution >= 0.6 is 0 Å². The van der Waals surface area contributed by atoms with Gasteiger partial charge in [-0.1, -0.05) is 18.2 Å². The predicted molar refractivity (Wildman–Crippen MR) is 106 cm³/mol. The summed E-state index contributed by atoms with van der Waals surface area (Å²) in [6, 6.07) is 18.8. The molecule has 0 bridgehead atoms. The van der Waals surface area contributed by atoms with E-state index in [2.05, 4.69) is 5.32 Å². The van der Waals surface area contributed by atoms with E-state index in [-0.39, 0.29) is 10.5 Å². The molecule has 0 saturated carbocycles. The molecule has 0 aromatic heterocycles. The van der Waals surface area contributed by atoms with Gasteiger partial charge in [-0.25, -0.2) is 13.6 Å². The molecule has 0 radical (unpaired) electrons. The van der Waals surface area contributed by atoms with Crippen LogP contribution in [-0.4, -0.2) is 14.3 Å². The largest absolute Gasteiger partial charge is 0.398 e. The molecule has 3 aromatic rings. The van der Waals surface area contributed by atoms with Crippen molar-refractivity contribution in [2.45, 2.75) is 4.90 Å². The van der Waals surface area contributed by atoms with Gasteiger partial charge in [0.1, 0.15) is 0 Å². The lowest BCUT2D eigenvalue weighted by molar-refractivity contribution is 0.100. The SMILES string of the molecule is NC(=O)c1cc(-c2ccc(Nc3ccc(S(N)(=O)=O)cc3)cc2)ccc1N. The number of nitrogens with one attached hydrogen (secondary N) is 1. The molecule has 0 spiro atoms. The molecule has 0 saturated heterocycles. The number of rotatable bonds is 5. The highest BCUT2D eigenvalue weighted by atomic mass is 32.2. The predicted octanol–water partition coefficient (Wildman–Crippen LogP) is 2.43. The summed E-state index contributed by atoms with van der Waals surface area (Å²) < 4.78 is 22.6. The Morgan fingerprint density at radius 2 is 1.33 bits per heavy atom. The molecule has 0 fully saturated rings. The summed E-state index contributed by atoms with van der Waals surface area (Å²) in [5.74, 6) is -0.574. The number of primary sulfonamides is 1. The first-order chi connectivity index (χ1) is 12.7. The van der Waals surface area contributed by atoms with Crippen LogP contribution < -0.4 is 21.9 Å². The highest BCUT2D eigenvalue weighted by Crippen LogP contribution is 2.26. The van der Waals surface area contributed by atoms with Gasteiger partial charge < -0.3 is 16.8 Å². The van der Waals surface area contributed by atoms with Crippen molar-refractivity contribution >= 4 is 33.0 Å². The minimum atomic E-state index is -3.71. The quantitative estimate of drug-likeness (QED) is 0.501. The van der Waals surface area contributed by atoms with Crippen LogP contribution in [0.15, 0.2) is 71.6 Å². The molecule has 8 heteroatoms. The first kappa shape index (κ1) is 18.4. The second-order valence-electron chi connectivity index (χ2n) is 5.94. The summed E-state index contributed by atoms with van der Waals surface area (Å²) in [5, 5.41) is 8.26. The molecular weight excluding hydrogens is 364 g/mol. The molecule has 138 valence electrons. The number of nitrogens with two attached hydrogens (primary N) is 3. The van der Waals surface area contributed by atoms with Gasteiger partial charge in [0.25, 0.3) is 5.91 Å². The first-order valence-electron chi connectivity index (χ1n) is 7.94. The van der Waals surface area contributed by atoms with E-state index in [1.807, 2.05) is 30.3 Å². The van der Waals surface area contributed by atoms with Crippen molar-refractivity contribution in [3.8, 4) is 11.1 Å². The molecule has 7 nitrogen and oxygen atoms in total. The maximum atomic E-state index is 11.4. The highest BCUT2D eigenvalue weighted by Gasteiger charge is 2.09. The Hall–Kier alpha value is -3.36. The maximum Gasteiger partial charge on any atom is 0.250 e. The van der Waals surface area contributed by atoms with Crippen molar-refractivity contribution in [2.24, 2.45) is 10.9 Å². The normalized spacial score (nSPS) is 11.1. The van der Waals surface area contributed by atoms with Crippen LogP contribution in [-0.2, 0) is 10.0 Å². The van der Waals surface area contributed by atoms with Gasteiger partial charge in [-0.15, -0.1) is 0 Å². The zero-order valence-corrected chi connectivity index (χ0v) is 15.0. The van der Waals surface area contributed by atoms with E-state index in [9.17, 15) is 13.2 Å². The van der Waals surface area contributed by atoms with Gasteiger partial charge in [-0.3, -0.25) is 4.79 Å². The molecule has 0 aliphatic carbocycles. The molecule has 27 heavy (non-hydrogen) atoms. The first-order valence-corrected chi connectivity index (χ1v) is 9.48. The number of sulfonamides is 1. The zero-order chi connectivity index (χ0) is 19.6. The van der Waals surface area contributed by atoms with Crippen LogP contribution in [0.5, 0.6) is 0 Å². The third-order valence-corrected chi connectivity index (χ3v) is 4.94. The standard InChI is InChI=1S/C19H18N4O3S/c20-18-10-3-13(11-17(18)19(21)24)12-1-4-14(5-2-12)23-15-6-8-16(9-7-15)27(22,25)26/h1-11,23H,20H2,(H2,21,24)(H2,22,25,26). The van der Waals surface area contributed by atoms with E-state index in [0.29, 0.717) is 5.69 Å². The van der Waals surface area contributed by atoms with E-state index >= 15 is 0 Å². The van der Waals surface area contributed by atoms with Gasteiger partial charge in [-0.2, -0.15) is 0 Å². The Kier molecular flexibility index (Phi) is 4.85. The maximum absolute atomic E-state index is 11.4. The smallest absolute Gasteiger partial charge is 0.250 e. The van der Waals surface area contributed by atoms with Crippen molar-refractivity contribution in [2.75, 3.05) is 11.1 Å². The molecule has 3 rings (SSSR count). The van der Waals surface area contributed by atoms with Crippen LogP contribution in [0.3, 0.4) is 0 Å². The third-order valence-electron chi connectivity index (χ3n) is 4.01.